The van der Waals surface area contributed by atoms with Crippen molar-refractivity contribution in [3.63, 3.8) is 0 Å². The molecule has 0 fully saturated rings. The molecular formula is C8H17I. The number of halogens is 1. The molecule has 0 bridgehead atoms. The highest BCUT2D eigenvalue weighted by molar-refractivity contribution is 14.1. The lowest BCUT2D eigenvalue weighted by atomic mass is 9.98. The van der Waals surface area contributed by atoms with Gasteiger partial charge in [-0.05, 0) is 19.3 Å². The minimum Gasteiger partial charge on any atom is -0.0789 e. The Hall–Kier alpha value is 0.730. The fraction of sp³-hybridized carbons (Fsp3) is 1.00. The summed E-state index contributed by atoms with van der Waals surface area (Å²) in [7, 11) is 0. The van der Waals surface area contributed by atoms with Crippen molar-refractivity contribution >= 4 is 22.6 Å². The summed E-state index contributed by atoms with van der Waals surface area (Å²) < 4.78 is 0.604. The Kier molecular flexibility index (Phi) is 4.90. The van der Waals surface area contributed by atoms with E-state index in [1.807, 2.05) is 0 Å². The normalized spacial score (nSPS) is 12.0. The highest BCUT2D eigenvalue weighted by Crippen LogP contribution is 2.31. The van der Waals surface area contributed by atoms with Gasteiger partial charge in [-0.3, -0.25) is 0 Å². The summed E-state index contributed by atoms with van der Waals surface area (Å²) in [5, 5.41) is 0. The van der Waals surface area contributed by atoms with Gasteiger partial charge in [-0.25, -0.2) is 0 Å². The Morgan fingerprint density at radius 3 is 1.67 bits per heavy atom. The van der Waals surface area contributed by atoms with Crippen molar-refractivity contribution in [1.29, 1.82) is 0 Å². The Balaban J connectivity index is 3.62. The average molecular weight is 240 g/mol. The highest BCUT2D eigenvalue weighted by atomic mass is 127. The number of rotatable bonds is 4. The van der Waals surface area contributed by atoms with E-state index in [1.54, 1.807) is 0 Å². The van der Waals surface area contributed by atoms with E-state index in [-0.39, 0.29) is 0 Å². The van der Waals surface area contributed by atoms with Crippen LogP contribution < -0.4 is 0 Å². The van der Waals surface area contributed by atoms with Crippen LogP contribution in [-0.2, 0) is 0 Å². The van der Waals surface area contributed by atoms with Crippen molar-refractivity contribution in [3.8, 4) is 0 Å². The lowest BCUT2D eigenvalue weighted by Gasteiger charge is -2.23. The summed E-state index contributed by atoms with van der Waals surface area (Å²) in [5.74, 6) is 0. The smallest absolute Gasteiger partial charge is 0.0217 e. The van der Waals surface area contributed by atoms with Crippen LogP contribution in [-0.4, -0.2) is 3.42 Å². The van der Waals surface area contributed by atoms with Crippen molar-refractivity contribution in [2.24, 2.45) is 0 Å². The molecule has 0 aliphatic carbocycles. The molecule has 0 aromatic carbocycles. The molecule has 0 amide bonds. The summed E-state index contributed by atoms with van der Waals surface area (Å²) in [5.41, 5.74) is 0. The zero-order valence-corrected chi connectivity index (χ0v) is 8.86. The van der Waals surface area contributed by atoms with Crippen LogP contribution in [0.5, 0.6) is 0 Å². The van der Waals surface area contributed by atoms with Gasteiger partial charge in [0.1, 0.15) is 0 Å². The Labute approximate surface area is 72.6 Å². The van der Waals surface area contributed by atoms with E-state index < -0.39 is 0 Å². The standard InChI is InChI=1S/C8H17I/c1-4-7-8(9,5-2)6-3/h4-7H2,1-3H3. The second kappa shape index (κ2) is 4.53. The summed E-state index contributed by atoms with van der Waals surface area (Å²) in [6.45, 7) is 6.83. The van der Waals surface area contributed by atoms with E-state index in [0.717, 1.165) is 0 Å². The molecule has 0 nitrogen and oxygen atoms in total. The van der Waals surface area contributed by atoms with Crippen LogP contribution in [0.15, 0.2) is 0 Å². The first-order valence-corrected chi connectivity index (χ1v) is 4.95. The lowest BCUT2D eigenvalue weighted by molar-refractivity contribution is 0.527. The molecule has 1 heteroatoms. The number of hydrogen-bond donors (Lipinski definition) is 0. The van der Waals surface area contributed by atoms with E-state index in [2.05, 4.69) is 43.4 Å². The fourth-order valence-electron chi connectivity index (χ4n) is 1.05. The maximum absolute atomic E-state index is 2.60. The summed E-state index contributed by atoms with van der Waals surface area (Å²) >= 11 is 2.60. The predicted octanol–water partition coefficient (Wildman–Crippen LogP) is 3.78. The SMILES string of the molecule is CCCC(I)(CC)CC. The predicted molar refractivity (Wildman–Crippen MR) is 52.2 cm³/mol. The molecule has 0 rings (SSSR count). The van der Waals surface area contributed by atoms with Crippen LogP contribution in [0.2, 0.25) is 0 Å². The monoisotopic (exact) mass is 240 g/mol. The number of alkyl halides is 1. The van der Waals surface area contributed by atoms with Gasteiger partial charge in [0, 0.05) is 3.42 Å². The first-order chi connectivity index (χ1) is 4.18. The van der Waals surface area contributed by atoms with Crippen molar-refractivity contribution in [2.75, 3.05) is 0 Å². The van der Waals surface area contributed by atoms with E-state index in [0.29, 0.717) is 3.42 Å². The van der Waals surface area contributed by atoms with E-state index in [4.69, 9.17) is 0 Å². The van der Waals surface area contributed by atoms with Crippen molar-refractivity contribution in [1.82, 2.24) is 0 Å². The van der Waals surface area contributed by atoms with Gasteiger partial charge < -0.3 is 0 Å². The van der Waals surface area contributed by atoms with Crippen LogP contribution in [0, 0.1) is 0 Å². The molecule has 0 aromatic heterocycles. The molecule has 0 saturated heterocycles. The minimum atomic E-state index is 0.604. The first-order valence-electron chi connectivity index (χ1n) is 3.87. The average Bonchev–Trinajstić information content (AvgIpc) is 1.89. The van der Waals surface area contributed by atoms with Gasteiger partial charge in [0.2, 0.25) is 0 Å². The van der Waals surface area contributed by atoms with Gasteiger partial charge in [0.05, 0.1) is 0 Å². The fourth-order valence-corrected chi connectivity index (χ4v) is 1.59. The molecule has 0 aliphatic rings. The molecule has 56 valence electrons. The molecule has 0 saturated carbocycles. The largest absolute Gasteiger partial charge is 0.0789 e. The van der Waals surface area contributed by atoms with E-state index in [1.165, 1.54) is 25.7 Å². The van der Waals surface area contributed by atoms with Gasteiger partial charge in [-0.15, -0.1) is 0 Å². The zero-order chi connectivity index (χ0) is 7.33. The van der Waals surface area contributed by atoms with E-state index >= 15 is 0 Å². The quantitative estimate of drug-likeness (QED) is 0.518. The van der Waals surface area contributed by atoms with Crippen molar-refractivity contribution in [2.45, 2.75) is 49.9 Å². The molecule has 0 spiro atoms. The lowest BCUT2D eigenvalue weighted by Crippen LogP contribution is -2.16. The summed E-state index contributed by atoms with van der Waals surface area (Å²) in [4.78, 5) is 0. The van der Waals surface area contributed by atoms with Crippen LogP contribution in [0.25, 0.3) is 0 Å². The Morgan fingerprint density at radius 1 is 1.11 bits per heavy atom. The summed E-state index contributed by atoms with van der Waals surface area (Å²) in [6, 6.07) is 0. The molecule has 0 unspecified atom stereocenters. The van der Waals surface area contributed by atoms with Gasteiger partial charge in [-0.2, -0.15) is 0 Å². The molecule has 9 heavy (non-hydrogen) atoms. The van der Waals surface area contributed by atoms with Crippen LogP contribution in [0.4, 0.5) is 0 Å². The van der Waals surface area contributed by atoms with Gasteiger partial charge in [0.15, 0.2) is 0 Å². The Bertz CT molecular complexity index is 65.0. The van der Waals surface area contributed by atoms with Crippen LogP contribution in [0.1, 0.15) is 46.5 Å². The topological polar surface area (TPSA) is 0 Å². The van der Waals surface area contributed by atoms with Gasteiger partial charge >= 0.3 is 0 Å². The number of hydrogen-bond acceptors (Lipinski definition) is 0. The maximum atomic E-state index is 2.60. The highest BCUT2D eigenvalue weighted by Gasteiger charge is 2.19. The third-order valence-corrected chi connectivity index (χ3v) is 4.03. The summed E-state index contributed by atoms with van der Waals surface area (Å²) in [6.07, 6.45) is 5.33. The van der Waals surface area contributed by atoms with Crippen LogP contribution in [0.3, 0.4) is 0 Å². The molecular weight excluding hydrogens is 223 g/mol. The van der Waals surface area contributed by atoms with Crippen LogP contribution >= 0.6 is 22.6 Å². The molecule has 0 N–H and O–H groups in total. The zero-order valence-electron chi connectivity index (χ0n) is 6.71. The molecule has 0 aliphatic heterocycles. The van der Waals surface area contributed by atoms with Gasteiger partial charge in [0.25, 0.3) is 0 Å². The first kappa shape index (κ1) is 9.73. The molecule has 0 heterocycles. The minimum absolute atomic E-state index is 0.604. The molecule has 0 aromatic rings. The van der Waals surface area contributed by atoms with Crippen molar-refractivity contribution in [3.05, 3.63) is 0 Å². The second-order valence-electron chi connectivity index (χ2n) is 2.61. The third kappa shape index (κ3) is 3.43. The maximum Gasteiger partial charge on any atom is 0.0217 e. The van der Waals surface area contributed by atoms with E-state index in [9.17, 15) is 0 Å². The molecule has 0 atom stereocenters. The van der Waals surface area contributed by atoms with Crippen molar-refractivity contribution < 1.29 is 0 Å². The third-order valence-electron chi connectivity index (χ3n) is 1.97. The Morgan fingerprint density at radius 2 is 1.56 bits per heavy atom. The second-order valence-corrected chi connectivity index (χ2v) is 4.90. The molecule has 0 radical (unpaired) electrons. The van der Waals surface area contributed by atoms with Gasteiger partial charge in [-0.1, -0.05) is 49.8 Å².